The van der Waals surface area contributed by atoms with Crippen LogP contribution in [0.4, 0.5) is 13.2 Å². The predicted octanol–water partition coefficient (Wildman–Crippen LogP) is 2.93. The van der Waals surface area contributed by atoms with E-state index in [1.165, 1.54) is 18.3 Å². The van der Waals surface area contributed by atoms with Crippen LogP contribution in [0, 0.1) is 0 Å². The minimum Gasteiger partial charge on any atom is -0.461 e. The largest absolute Gasteiger partial charge is 0.461 e. The molecule has 142 valence electrons. The van der Waals surface area contributed by atoms with Crippen molar-refractivity contribution in [1.29, 1.82) is 0 Å². The summed E-state index contributed by atoms with van der Waals surface area (Å²) >= 11 is 0. The molecule has 6 nitrogen and oxygen atoms in total. The molecular formula is C17H21F3N4O2. The van der Waals surface area contributed by atoms with Crippen molar-refractivity contribution in [3.8, 4) is 0 Å². The molecule has 0 aliphatic rings. The lowest BCUT2D eigenvalue weighted by Crippen LogP contribution is -2.31. The molecule has 0 aliphatic carbocycles. The van der Waals surface area contributed by atoms with Gasteiger partial charge >= 0.3 is 12.1 Å². The van der Waals surface area contributed by atoms with Crippen molar-refractivity contribution in [1.82, 2.24) is 10.4 Å². The third-order valence-corrected chi connectivity index (χ3v) is 3.22. The SMILES string of the molecule is CC.CCOC(=O)/C(NN)=C(/N)c1cc2ccc(C(F)(F)F)cc2cn1. The number of esters is 1. The maximum atomic E-state index is 12.7. The molecule has 0 aliphatic heterocycles. The fourth-order valence-electron chi connectivity index (χ4n) is 2.04. The van der Waals surface area contributed by atoms with Gasteiger partial charge in [-0.3, -0.25) is 10.8 Å². The zero-order valence-corrected chi connectivity index (χ0v) is 14.6. The molecule has 0 saturated carbocycles. The first kappa shape index (κ1) is 21.2. The number of alkyl halides is 3. The fraction of sp³-hybridized carbons (Fsp3) is 0.294. The van der Waals surface area contributed by atoms with E-state index in [1.54, 1.807) is 6.92 Å². The molecule has 1 aromatic carbocycles. The molecule has 1 heterocycles. The quantitative estimate of drug-likeness (QED) is 0.331. The summed E-state index contributed by atoms with van der Waals surface area (Å²) in [4.78, 5) is 15.7. The van der Waals surface area contributed by atoms with E-state index in [4.69, 9.17) is 16.3 Å². The summed E-state index contributed by atoms with van der Waals surface area (Å²) < 4.78 is 43.0. The number of fused-ring (bicyclic) bond motifs is 1. The number of aromatic nitrogens is 1. The highest BCUT2D eigenvalue weighted by Gasteiger charge is 2.30. The van der Waals surface area contributed by atoms with Gasteiger partial charge in [0.25, 0.3) is 0 Å². The Balaban J connectivity index is 0.00000163. The number of ether oxygens (including phenoxy) is 1. The number of nitrogens with zero attached hydrogens (tertiary/aromatic N) is 1. The number of rotatable bonds is 4. The van der Waals surface area contributed by atoms with Crippen LogP contribution < -0.4 is 17.0 Å². The molecule has 2 rings (SSSR count). The Morgan fingerprint density at radius 3 is 2.42 bits per heavy atom. The average molecular weight is 370 g/mol. The van der Waals surface area contributed by atoms with Gasteiger partial charge in [-0.05, 0) is 30.5 Å². The first-order chi connectivity index (χ1) is 12.3. The van der Waals surface area contributed by atoms with Gasteiger partial charge in [0.2, 0.25) is 0 Å². The zero-order chi connectivity index (χ0) is 19.9. The summed E-state index contributed by atoms with van der Waals surface area (Å²) in [6.07, 6.45) is -3.20. The Hall–Kier alpha value is -2.81. The van der Waals surface area contributed by atoms with Gasteiger partial charge in [0.1, 0.15) is 0 Å². The predicted molar refractivity (Wildman–Crippen MR) is 93.2 cm³/mol. The number of hydrogen-bond acceptors (Lipinski definition) is 6. The van der Waals surface area contributed by atoms with E-state index in [9.17, 15) is 18.0 Å². The summed E-state index contributed by atoms with van der Waals surface area (Å²) in [5.41, 5.74) is 7.17. The van der Waals surface area contributed by atoms with E-state index in [0.29, 0.717) is 10.8 Å². The standard InChI is InChI=1S/C15H15F3N4O2.C2H6/c1-2-24-14(23)13(22-20)12(19)11-6-8-3-4-10(15(16,17)18)5-9(8)7-21-11;1-2/h3-7,22H,2,19-20H2,1H3;1-2H3/b13-12-;. The number of hydrogen-bond donors (Lipinski definition) is 3. The van der Waals surface area contributed by atoms with Crippen LogP contribution in [0.5, 0.6) is 0 Å². The molecule has 0 atom stereocenters. The van der Waals surface area contributed by atoms with Crippen LogP contribution in [0.3, 0.4) is 0 Å². The molecule has 0 unspecified atom stereocenters. The number of pyridine rings is 1. The van der Waals surface area contributed by atoms with Gasteiger partial charge in [0.05, 0.1) is 23.6 Å². The van der Waals surface area contributed by atoms with E-state index < -0.39 is 17.7 Å². The van der Waals surface area contributed by atoms with Gasteiger partial charge in [0.15, 0.2) is 5.70 Å². The van der Waals surface area contributed by atoms with Crippen LogP contribution in [0.25, 0.3) is 16.5 Å². The number of nitrogens with two attached hydrogens (primary N) is 2. The molecule has 0 amide bonds. The van der Waals surface area contributed by atoms with Crippen molar-refractivity contribution in [3.63, 3.8) is 0 Å². The Morgan fingerprint density at radius 1 is 1.23 bits per heavy atom. The second kappa shape index (κ2) is 9.04. The highest BCUT2D eigenvalue weighted by molar-refractivity contribution is 5.96. The maximum absolute atomic E-state index is 12.7. The summed E-state index contributed by atoms with van der Waals surface area (Å²) in [5.74, 6) is 4.52. The third-order valence-electron chi connectivity index (χ3n) is 3.22. The van der Waals surface area contributed by atoms with Gasteiger partial charge in [-0.15, -0.1) is 0 Å². The van der Waals surface area contributed by atoms with Crippen LogP contribution in [0.15, 0.2) is 36.2 Å². The Labute approximate surface area is 149 Å². The van der Waals surface area contributed by atoms with Crippen LogP contribution in [0.2, 0.25) is 0 Å². The van der Waals surface area contributed by atoms with E-state index in [0.717, 1.165) is 12.1 Å². The van der Waals surface area contributed by atoms with Gasteiger partial charge in [-0.25, -0.2) is 4.79 Å². The van der Waals surface area contributed by atoms with Crippen LogP contribution >= 0.6 is 0 Å². The summed E-state index contributed by atoms with van der Waals surface area (Å²) in [6, 6.07) is 4.71. The lowest BCUT2D eigenvalue weighted by atomic mass is 10.1. The monoisotopic (exact) mass is 370 g/mol. The Morgan fingerprint density at radius 2 is 1.88 bits per heavy atom. The first-order valence-corrected chi connectivity index (χ1v) is 7.88. The van der Waals surface area contributed by atoms with Gasteiger partial charge in [-0.2, -0.15) is 13.2 Å². The highest BCUT2D eigenvalue weighted by Crippen LogP contribution is 2.31. The minimum atomic E-state index is -4.44. The van der Waals surface area contributed by atoms with Crippen molar-refractivity contribution >= 4 is 22.4 Å². The molecule has 0 fully saturated rings. The molecule has 0 saturated heterocycles. The lowest BCUT2D eigenvalue weighted by Gasteiger charge is -2.11. The average Bonchev–Trinajstić information content (AvgIpc) is 2.62. The van der Waals surface area contributed by atoms with Crippen molar-refractivity contribution in [3.05, 3.63) is 47.4 Å². The van der Waals surface area contributed by atoms with Gasteiger partial charge < -0.3 is 15.9 Å². The summed E-state index contributed by atoms with van der Waals surface area (Å²) in [7, 11) is 0. The fourth-order valence-corrected chi connectivity index (χ4v) is 2.04. The number of halogens is 3. The Bertz CT molecular complexity index is 804. The van der Waals surface area contributed by atoms with Crippen LogP contribution in [0.1, 0.15) is 32.0 Å². The molecule has 1 aromatic heterocycles. The molecule has 2 aromatic rings. The number of carbonyl (C=O) groups excluding carboxylic acids is 1. The second-order valence-corrected chi connectivity index (χ2v) is 4.78. The molecule has 5 N–H and O–H groups in total. The maximum Gasteiger partial charge on any atom is 0.416 e. The normalized spacial score (nSPS) is 12.0. The van der Waals surface area contributed by atoms with Crippen molar-refractivity contribution in [2.75, 3.05) is 6.61 Å². The first-order valence-electron chi connectivity index (χ1n) is 7.88. The number of benzene rings is 1. The zero-order valence-electron chi connectivity index (χ0n) is 14.6. The van der Waals surface area contributed by atoms with Gasteiger partial charge in [-0.1, -0.05) is 19.9 Å². The van der Waals surface area contributed by atoms with Crippen molar-refractivity contribution < 1.29 is 22.7 Å². The third kappa shape index (κ3) is 4.85. The lowest BCUT2D eigenvalue weighted by molar-refractivity contribution is -0.139. The van der Waals surface area contributed by atoms with Crippen molar-refractivity contribution in [2.45, 2.75) is 26.9 Å². The molecular weight excluding hydrogens is 349 g/mol. The molecule has 0 radical (unpaired) electrons. The van der Waals surface area contributed by atoms with Crippen molar-refractivity contribution in [2.24, 2.45) is 11.6 Å². The second-order valence-electron chi connectivity index (χ2n) is 4.78. The van der Waals surface area contributed by atoms with Gasteiger partial charge in [0, 0.05) is 11.6 Å². The van der Waals surface area contributed by atoms with E-state index in [-0.39, 0.29) is 23.7 Å². The number of nitrogens with one attached hydrogen (secondary N) is 1. The molecule has 9 heteroatoms. The van der Waals surface area contributed by atoms with E-state index in [2.05, 4.69) is 10.4 Å². The van der Waals surface area contributed by atoms with Crippen LogP contribution in [-0.2, 0) is 15.7 Å². The Kier molecular flexibility index (Phi) is 7.39. The smallest absolute Gasteiger partial charge is 0.416 e. The number of carbonyl (C=O) groups is 1. The van der Waals surface area contributed by atoms with E-state index in [1.807, 2.05) is 13.8 Å². The highest BCUT2D eigenvalue weighted by atomic mass is 19.4. The summed E-state index contributed by atoms with van der Waals surface area (Å²) in [6.45, 7) is 5.75. The number of hydrazine groups is 1. The molecule has 26 heavy (non-hydrogen) atoms. The molecule has 0 spiro atoms. The van der Waals surface area contributed by atoms with E-state index >= 15 is 0 Å². The minimum absolute atomic E-state index is 0.0715. The summed E-state index contributed by atoms with van der Waals surface area (Å²) in [5, 5.41) is 0.774. The van der Waals surface area contributed by atoms with Crippen LogP contribution in [-0.4, -0.2) is 17.6 Å². The topological polar surface area (TPSA) is 103 Å². The molecule has 0 bridgehead atoms.